The number of carbonyl (C=O) groups excluding carboxylic acids is 1. The molecule has 0 saturated carbocycles. The summed E-state index contributed by atoms with van der Waals surface area (Å²) in [5.74, 6) is 0.375. The molecule has 0 aliphatic rings. The zero-order chi connectivity index (χ0) is 19.2. The molecule has 0 spiro atoms. The Labute approximate surface area is 163 Å². The predicted molar refractivity (Wildman–Crippen MR) is 102 cm³/mol. The van der Waals surface area contributed by atoms with E-state index in [0.29, 0.717) is 27.5 Å². The van der Waals surface area contributed by atoms with Crippen molar-refractivity contribution in [1.82, 2.24) is 10.2 Å². The molecule has 0 aliphatic carbocycles. The van der Waals surface area contributed by atoms with Gasteiger partial charge in [-0.05, 0) is 24.3 Å². The lowest BCUT2D eigenvalue weighted by atomic mass is 10.2. The first kappa shape index (κ1) is 18.9. The van der Waals surface area contributed by atoms with Gasteiger partial charge < -0.3 is 9.73 Å². The third-order valence-electron chi connectivity index (χ3n) is 3.41. The summed E-state index contributed by atoms with van der Waals surface area (Å²) in [6, 6.07) is 13.0. The van der Waals surface area contributed by atoms with E-state index in [-0.39, 0.29) is 23.7 Å². The monoisotopic (exact) mass is 404 g/mol. The van der Waals surface area contributed by atoms with Gasteiger partial charge in [0, 0.05) is 28.8 Å². The van der Waals surface area contributed by atoms with E-state index < -0.39 is 4.92 Å². The maximum absolute atomic E-state index is 12.0. The van der Waals surface area contributed by atoms with Crippen LogP contribution in [0.5, 0.6) is 0 Å². The summed E-state index contributed by atoms with van der Waals surface area (Å²) in [4.78, 5) is 22.4. The Hall–Kier alpha value is -2.91. The average molecular weight is 405 g/mol. The molecule has 0 unspecified atom stereocenters. The molecule has 2 aromatic carbocycles. The predicted octanol–water partition coefficient (Wildman–Crippen LogP) is 4.42. The summed E-state index contributed by atoms with van der Waals surface area (Å²) in [6.45, 7) is 0. The van der Waals surface area contributed by atoms with E-state index in [0.717, 1.165) is 0 Å². The highest BCUT2D eigenvalue weighted by molar-refractivity contribution is 7.99. The number of carbonyl (C=O) groups is 1. The minimum Gasteiger partial charge on any atom is -0.411 e. The van der Waals surface area contributed by atoms with Gasteiger partial charge in [0.2, 0.25) is 11.8 Å². The normalized spacial score (nSPS) is 10.6. The fourth-order valence-corrected chi connectivity index (χ4v) is 3.08. The molecule has 1 heterocycles. The number of rotatable bonds is 7. The van der Waals surface area contributed by atoms with E-state index >= 15 is 0 Å². The minimum absolute atomic E-state index is 0.131. The molecular weight excluding hydrogens is 392 g/mol. The van der Waals surface area contributed by atoms with E-state index in [1.54, 1.807) is 30.3 Å². The van der Waals surface area contributed by atoms with Crippen LogP contribution >= 0.6 is 23.4 Å². The van der Waals surface area contributed by atoms with Crippen molar-refractivity contribution in [3.63, 3.8) is 0 Å². The van der Waals surface area contributed by atoms with Crippen LogP contribution in [0.3, 0.4) is 0 Å². The summed E-state index contributed by atoms with van der Waals surface area (Å²) in [6.07, 6.45) is 0.131. The number of para-hydroxylation sites is 2. The number of amides is 1. The average Bonchev–Trinajstić information content (AvgIpc) is 3.11. The van der Waals surface area contributed by atoms with Gasteiger partial charge in [-0.3, -0.25) is 14.9 Å². The number of hydrogen-bond acceptors (Lipinski definition) is 7. The molecule has 0 atom stereocenters. The lowest BCUT2D eigenvalue weighted by Crippen LogP contribution is -2.13. The van der Waals surface area contributed by atoms with Crippen molar-refractivity contribution < 1.29 is 14.1 Å². The molecule has 0 fully saturated rings. The molecular formula is C17H13ClN4O4S. The Morgan fingerprint density at radius 2 is 2.04 bits per heavy atom. The Bertz CT molecular complexity index is 979. The van der Waals surface area contributed by atoms with Crippen molar-refractivity contribution in [2.75, 3.05) is 11.1 Å². The Morgan fingerprint density at radius 1 is 1.22 bits per heavy atom. The van der Waals surface area contributed by atoms with Crippen LogP contribution in [-0.4, -0.2) is 26.8 Å². The van der Waals surface area contributed by atoms with Crippen molar-refractivity contribution in [2.45, 2.75) is 11.6 Å². The van der Waals surface area contributed by atoms with Gasteiger partial charge in [0.1, 0.15) is 5.69 Å². The van der Waals surface area contributed by atoms with Gasteiger partial charge in [0.25, 0.3) is 10.9 Å². The lowest BCUT2D eigenvalue weighted by Gasteiger charge is -2.04. The van der Waals surface area contributed by atoms with Gasteiger partial charge in [0.05, 0.1) is 4.92 Å². The van der Waals surface area contributed by atoms with E-state index in [1.165, 1.54) is 30.0 Å². The first-order valence-corrected chi connectivity index (χ1v) is 9.15. The van der Waals surface area contributed by atoms with Crippen LogP contribution in [-0.2, 0) is 4.79 Å². The Morgan fingerprint density at radius 3 is 2.81 bits per heavy atom. The highest BCUT2D eigenvalue weighted by Gasteiger charge is 2.15. The molecule has 0 radical (unpaired) electrons. The number of nitro benzene ring substituents is 1. The number of halogens is 1. The van der Waals surface area contributed by atoms with Gasteiger partial charge in [-0.1, -0.05) is 41.6 Å². The van der Waals surface area contributed by atoms with Crippen LogP contribution in [0.25, 0.3) is 11.5 Å². The van der Waals surface area contributed by atoms with E-state index in [9.17, 15) is 14.9 Å². The molecule has 27 heavy (non-hydrogen) atoms. The quantitative estimate of drug-likeness (QED) is 0.352. The van der Waals surface area contributed by atoms with Gasteiger partial charge in [-0.15, -0.1) is 10.2 Å². The summed E-state index contributed by atoms with van der Waals surface area (Å²) in [5.41, 5.74) is 0.719. The maximum Gasteiger partial charge on any atom is 0.292 e. The van der Waals surface area contributed by atoms with Crippen LogP contribution in [0.2, 0.25) is 5.02 Å². The first-order chi connectivity index (χ1) is 13.0. The van der Waals surface area contributed by atoms with E-state index in [1.807, 2.05) is 0 Å². The number of thioether (sulfide) groups is 1. The lowest BCUT2D eigenvalue weighted by molar-refractivity contribution is -0.383. The topological polar surface area (TPSA) is 111 Å². The summed E-state index contributed by atoms with van der Waals surface area (Å²) in [5, 5.41) is 22.3. The second-order valence-electron chi connectivity index (χ2n) is 5.30. The molecule has 8 nitrogen and oxygen atoms in total. The Kier molecular flexibility index (Phi) is 6.05. The molecule has 1 aromatic heterocycles. The molecule has 1 amide bonds. The van der Waals surface area contributed by atoms with Crippen LogP contribution in [0, 0.1) is 10.1 Å². The number of anilines is 1. The second-order valence-corrected chi connectivity index (χ2v) is 6.79. The second kappa shape index (κ2) is 8.65. The van der Waals surface area contributed by atoms with Gasteiger partial charge in [-0.25, -0.2) is 0 Å². The number of nitrogens with zero attached hydrogens (tertiary/aromatic N) is 3. The first-order valence-electron chi connectivity index (χ1n) is 7.78. The molecule has 3 aromatic rings. The van der Waals surface area contributed by atoms with E-state index in [4.69, 9.17) is 16.0 Å². The third-order valence-corrected chi connectivity index (χ3v) is 4.46. The standard InChI is InChI=1S/C17H13ClN4O4S/c18-12-5-3-4-11(10-12)16-20-21-17(26-16)27-9-8-15(23)19-13-6-1-2-7-14(13)22(24)25/h1-7,10H,8-9H2,(H,19,23). The van der Waals surface area contributed by atoms with Crippen molar-refractivity contribution in [1.29, 1.82) is 0 Å². The smallest absolute Gasteiger partial charge is 0.292 e. The van der Waals surface area contributed by atoms with Crippen LogP contribution < -0.4 is 5.32 Å². The molecule has 3 rings (SSSR count). The largest absolute Gasteiger partial charge is 0.411 e. The summed E-state index contributed by atoms with van der Waals surface area (Å²) < 4.78 is 5.54. The van der Waals surface area contributed by atoms with Crippen molar-refractivity contribution in [3.8, 4) is 11.5 Å². The molecule has 0 aliphatic heterocycles. The minimum atomic E-state index is -0.541. The van der Waals surface area contributed by atoms with Gasteiger partial charge >= 0.3 is 0 Å². The summed E-state index contributed by atoms with van der Waals surface area (Å²) >= 11 is 7.16. The SMILES string of the molecule is O=C(CCSc1nnc(-c2cccc(Cl)c2)o1)Nc1ccccc1[N+](=O)[O-]. The van der Waals surface area contributed by atoms with Gasteiger partial charge in [0.15, 0.2) is 0 Å². The number of aromatic nitrogens is 2. The number of nitro groups is 1. The fraction of sp³-hybridized carbons (Fsp3) is 0.118. The number of nitrogens with one attached hydrogen (secondary N) is 1. The highest BCUT2D eigenvalue weighted by atomic mass is 35.5. The van der Waals surface area contributed by atoms with Crippen LogP contribution in [0.15, 0.2) is 58.2 Å². The van der Waals surface area contributed by atoms with Crippen LogP contribution in [0.1, 0.15) is 6.42 Å². The van der Waals surface area contributed by atoms with Crippen molar-refractivity contribution in [3.05, 3.63) is 63.7 Å². The van der Waals surface area contributed by atoms with Crippen LogP contribution in [0.4, 0.5) is 11.4 Å². The zero-order valence-electron chi connectivity index (χ0n) is 13.8. The summed E-state index contributed by atoms with van der Waals surface area (Å²) in [7, 11) is 0. The highest BCUT2D eigenvalue weighted by Crippen LogP contribution is 2.26. The Balaban J connectivity index is 1.53. The zero-order valence-corrected chi connectivity index (χ0v) is 15.4. The molecule has 1 N–H and O–H groups in total. The third kappa shape index (κ3) is 5.05. The van der Waals surface area contributed by atoms with E-state index in [2.05, 4.69) is 15.5 Å². The fourth-order valence-electron chi connectivity index (χ4n) is 2.19. The molecule has 0 saturated heterocycles. The van der Waals surface area contributed by atoms with Gasteiger partial charge in [-0.2, -0.15) is 0 Å². The number of benzene rings is 2. The molecule has 138 valence electrons. The molecule has 10 heteroatoms. The number of hydrogen-bond donors (Lipinski definition) is 1. The van der Waals surface area contributed by atoms with Crippen molar-refractivity contribution >= 4 is 40.6 Å². The van der Waals surface area contributed by atoms with Crippen molar-refractivity contribution in [2.24, 2.45) is 0 Å². The molecule has 0 bridgehead atoms. The maximum atomic E-state index is 12.0.